The van der Waals surface area contributed by atoms with Gasteiger partial charge in [0.2, 0.25) is 5.54 Å². The summed E-state index contributed by atoms with van der Waals surface area (Å²) < 4.78 is 50.0. The van der Waals surface area contributed by atoms with Crippen molar-refractivity contribution < 1.29 is 32.3 Å². The van der Waals surface area contributed by atoms with E-state index in [2.05, 4.69) is 0 Å². The number of alkyl halides is 3. The summed E-state index contributed by atoms with van der Waals surface area (Å²) in [5.41, 5.74) is -4.61. The Hall–Kier alpha value is -2.84. The number of rotatable bonds is 4. The van der Waals surface area contributed by atoms with Crippen molar-refractivity contribution in [3.05, 3.63) is 41.1 Å². The van der Waals surface area contributed by atoms with Crippen LogP contribution in [0.5, 0.6) is 5.75 Å². The van der Waals surface area contributed by atoms with Crippen LogP contribution in [0.15, 0.2) is 35.5 Å². The molecule has 0 saturated heterocycles. The predicted molar refractivity (Wildman–Crippen MR) is 123 cm³/mol. The quantitative estimate of drug-likeness (QED) is 0.605. The van der Waals surface area contributed by atoms with Crippen LogP contribution in [0.4, 0.5) is 13.2 Å². The van der Waals surface area contributed by atoms with Crippen LogP contribution in [-0.2, 0) is 9.59 Å². The van der Waals surface area contributed by atoms with Crippen LogP contribution < -0.4 is 10.1 Å². The molecule has 0 aromatic heterocycles. The van der Waals surface area contributed by atoms with Crippen molar-refractivity contribution >= 4 is 17.6 Å². The van der Waals surface area contributed by atoms with Gasteiger partial charge in [-0.05, 0) is 42.9 Å². The number of amides is 2. The third-order valence-corrected chi connectivity index (χ3v) is 7.31. The molecule has 1 unspecified atom stereocenters. The van der Waals surface area contributed by atoms with E-state index < -0.39 is 46.3 Å². The smallest absolute Gasteiger partial charge is 0.425 e. The van der Waals surface area contributed by atoms with E-state index in [1.807, 2.05) is 19.2 Å². The first-order valence-electron chi connectivity index (χ1n) is 12.0. The molecule has 0 bridgehead atoms. The highest BCUT2D eigenvalue weighted by atomic mass is 19.4. The van der Waals surface area contributed by atoms with E-state index in [1.165, 1.54) is 30.2 Å². The Labute approximate surface area is 202 Å². The summed E-state index contributed by atoms with van der Waals surface area (Å²) in [5, 5.41) is 2.00. The van der Waals surface area contributed by atoms with E-state index in [4.69, 9.17) is 4.74 Å². The maximum absolute atomic E-state index is 15.0. The van der Waals surface area contributed by atoms with Crippen molar-refractivity contribution in [3.8, 4) is 5.75 Å². The summed E-state index contributed by atoms with van der Waals surface area (Å²) in [7, 11) is 1.37. The highest BCUT2D eigenvalue weighted by Gasteiger charge is 2.72. The molecule has 6 nitrogen and oxygen atoms in total. The summed E-state index contributed by atoms with van der Waals surface area (Å²) in [6.07, 6.45) is -0.571. The number of hydrogen-bond donors (Lipinski definition) is 1. The summed E-state index contributed by atoms with van der Waals surface area (Å²) in [4.78, 5) is 41.5. The van der Waals surface area contributed by atoms with Crippen LogP contribution in [0.1, 0.15) is 75.6 Å². The van der Waals surface area contributed by atoms with Crippen LogP contribution in [0.2, 0.25) is 0 Å². The lowest BCUT2D eigenvalue weighted by molar-refractivity contribution is -0.191. The zero-order valence-electron chi connectivity index (χ0n) is 20.3. The van der Waals surface area contributed by atoms with Gasteiger partial charge in [0.05, 0.1) is 12.7 Å². The molecule has 2 amide bonds. The lowest BCUT2D eigenvalue weighted by Gasteiger charge is -2.36. The number of halogens is 3. The first kappa shape index (κ1) is 25.3. The fraction of sp³-hybridized carbons (Fsp3) is 0.577. The van der Waals surface area contributed by atoms with Crippen molar-refractivity contribution in [2.75, 3.05) is 7.11 Å². The topological polar surface area (TPSA) is 75.7 Å². The van der Waals surface area contributed by atoms with Gasteiger partial charge in [-0.2, -0.15) is 13.2 Å². The van der Waals surface area contributed by atoms with E-state index in [9.17, 15) is 27.6 Å². The molecule has 1 N–H and O–H groups in total. The molecule has 1 aromatic rings. The molecule has 2 aliphatic carbocycles. The molecule has 3 aliphatic rings. The molecule has 4 rings (SSSR count). The van der Waals surface area contributed by atoms with Gasteiger partial charge in [0, 0.05) is 23.7 Å². The van der Waals surface area contributed by atoms with Crippen LogP contribution in [0.3, 0.4) is 0 Å². The first-order chi connectivity index (χ1) is 16.4. The molecule has 1 saturated carbocycles. The van der Waals surface area contributed by atoms with Crippen LogP contribution in [-0.4, -0.2) is 47.4 Å². The van der Waals surface area contributed by atoms with E-state index in [0.29, 0.717) is 12.8 Å². The average Bonchev–Trinajstić information content (AvgIpc) is 2.92. The van der Waals surface area contributed by atoms with Gasteiger partial charge in [0.25, 0.3) is 11.8 Å². The third-order valence-electron chi connectivity index (χ3n) is 7.31. The number of ether oxygens (including phenoxy) is 1. The first-order valence-corrected chi connectivity index (χ1v) is 12.0. The number of benzene rings is 1. The fourth-order valence-corrected chi connectivity index (χ4v) is 5.69. The van der Waals surface area contributed by atoms with E-state index in [0.717, 1.165) is 25.7 Å². The SMILES string of the molecule is COc1cccc(C(=O)NC2(C(F)(F)F)C(=O)N(C3CCCCCC3)C3=C2C(=O)CC(C)(C)C3)c1. The number of carbonyl (C=O) groups is 3. The Bertz CT molecular complexity index is 1070. The highest BCUT2D eigenvalue weighted by Crippen LogP contribution is 2.53. The Kier molecular flexibility index (Phi) is 6.49. The second kappa shape index (κ2) is 8.99. The number of Topliss-reactive ketones (excluding diaryl/α,β-unsaturated/α-hetero) is 1. The lowest BCUT2D eigenvalue weighted by Crippen LogP contribution is -2.66. The molecule has 9 heteroatoms. The summed E-state index contributed by atoms with van der Waals surface area (Å²) in [5.74, 6) is -2.83. The van der Waals surface area contributed by atoms with Crippen LogP contribution in [0.25, 0.3) is 0 Å². The number of allylic oxidation sites excluding steroid dienone is 1. The van der Waals surface area contributed by atoms with Gasteiger partial charge in [0.15, 0.2) is 5.78 Å². The Morgan fingerprint density at radius 3 is 2.34 bits per heavy atom. The summed E-state index contributed by atoms with van der Waals surface area (Å²) >= 11 is 0. The zero-order chi connectivity index (χ0) is 25.6. The minimum absolute atomic E-state index is 0.0978. The van der Waals surface area contributed by atoms with Gasteiger partial charge in [-0.25, -0.2) is 0 Å². The number of nitrogens with zero attached hydrogens (tertiary/aromatic N) is 1. The van der Waals surface area contributed by atoms with Crippen LogP contribution >= 0.6 is 0 Å². The maximum atomic E-state index is 15.0. The van der Waals surface area contributed by atoms with Crippen molar-refractivity contribution in [2.45, 2.75) is 83.0 Å². The molecular weight excluding hydrogens is 461 g/mol. The molecular formula is C26H31F3N2O4. The van der Waals surface area contributed by atoms with Gasteiger partial charge in [-0.1, -0.05) is 45.6 Å². The third kappa shape index (κ3) is 4.34. The average molecular weight is 493 g/mol. The number of nitrogens with one attached hydrogen (secondary N) is 1. The molecule has 0 spiro atoms. The fourth-order valence-electron chi connectivity index (χ4n) is 5.69. The molecule has 1 aliphatic heterocycles. The second-order valence-electron chi connectivity index (χ2n) is 10.5. The minimum atomic E-state index is -5.21. The van der Waals surface area contributed by atoms with Crippen LogP contribution in [0, 0.1) is 5.41 Å². The molecule has 0 radical (unpaired) electrons. The van der Waals surface area contributed by atoms with Crippen molar-refractivity contribution in [2.24, 2.45) is 5.41 Å². The molecule has 35 heavy (non-hydrogen) atoms. The molecule has 1 aromatic carbocycles. The number of carbonyl (C=O) groups excluding carboxylic acids is 3. The Morgan fingerprint density at radius 2 is 1.74 bits per heavy atom. The van der Waals surface area contributed by atoms with Crippen molar-refractivity contribution in [3.63, 3.8) is 0 Å². The monoisotopic (exact) mass is 492 g/mol. The largest absolute Gasteiger partial charge is 0.497 e. The zero-order valence-corrected chi connectivity index (χ0v) is 20.3. The highest BCUT2D eigenvalue weighted by molar-refractivity contribution is 6.14. The number of ketones is 1. The van der Waals surface area contributed by atoms with Gasteiger partial charge >= 0.3 is 6.18 Å². The van der Waals surface area contributed by atoms with Crippen molar-refractivity contribution in [1.82, 2.24) is 10.2 Å². The summed E-state index contributed by atoms with van der Waals surface area (Å²) in [6, 6.07) is 5.23. The molecule has 1 atom stereocenters. The minimum Gasteiger partial charge on any atom is -0.497 e. The number of methoxy groups -OCH3 is 1. The molecule has 1 fully saturated rings. The van der Waals surface area contributed by atoms with E-state index >= 15 is 0 Å². The van der Waals surface area contributed by atoms with Gasteiger partial charge in [0.1, 0.15) is 5.75 Å². The van der Waals surface area contributed by atoms with Gasteiger partial charge in [-0.15, -0.1) is 0 Å². The van der Waals surface area contributed by atoms with E-state index in [1.54, 1.807) is 6.07 Å². The van der Waals surface area contributed by atoms with Gasteiger partial charge in [-0.3, -0.25) is 14.4 Å². The van der Waals surface area contributed by atoms with Gasteiger partial charge < -0.3 is 15.0 Å². The standard InChI is InChI=1S/C26H31F3N2O4/c1-24(2)14-19-21(20(32)15-24)25(26(27,28)29,23(34)31(19)17-10-6-4-5-7-11-17)30-22(33)16-9-8-12-18(13-16)35-3/h8-9,12-13,17H,4-7,10-11,14-15H2,1-3H3,(H,30,33). The van der Waals surface area contributed by atoms with Crippen molar-refractivity contribution in [1.29, 1.82) is 0 Å². The second-order valence-corrected chi connectivity index (χ2v) is 10.5. The maximum Gasteiger partial charge on any atom is 0.425 e. The lowest BCUT2D eigenvalue weighted by atomic mass is 9.72. The normalized spacial score (nSPS) is 25.4. The van der Waals surface area contributed by atoms with E-state index in [-0.39, 0.29) is 29.9 Å². The molecule has 1 heterocycles. The number of hydrogen-bond acceptors (Lipinski definition) is 4. The predicted octanol–water partition coefficient (Wildman–Crippen LogP) is 4.93. The summed E-state index contributed by atoms with van der Waals surface area (Å²) in [6.45, 7) is 3.62. The Balaban J connectivity index is 1.86. The Morgan fingerprint density at radius 1 is 1.09 bits per heavy atom. The molecule has 190 valence electrons.